The molecule has 2 aromatic carbocycles. The first-order valence-electron chi connectivity index (χ1n) is 6.88. The first-order valence-corrected chi connectivity index (χ1v) is 6.88. The van der Waals surface area contributed by atoms with Gasteiger partial charge in [0, 0.05) is 0 Å². The van der Waals surface area contributed by atoms with Crippen LogP contribution in [0.5, 0.6) is 0 Å². The van der Waals surface area contributed by atoms with Crippen LogP contribution in [0, 0.1) is 0 Å². The van der Waals surface area contributed by atoms with Crippen molar-refractivity contribution >= 4 is 5.97 Å². The fourth-order valence-electron chi connectivity index (χ4n) is 2.18. The lowest BCUT2D eigenvalue weighted by Gasteiger charge is -2.20. The molecular weight excluding hydrogens is 248 g/mol. The minimum absolute atomic E-state index is 0.808. The van der Waals surface area contributed by atoms with E-state index in [9.17, 15) is 9.90 Å². The highest BCUT2D eigenvalue weighted by molar-refractivity contribution is 5.81. The summed E-state index contributed by atoms with van der Waals surface area (Å²) in [6.45, 7) is 5.59. The summed E-state index contributed by atoms with van der Waals surface area (Å²) >= 11 is 0. The van der Waals surface area contributed by atoms with Gasteiger partial charge in [-0.15, -0.1) is 0 Å². The van der Waals surface area contributed by atoms with Crippen molar-refractivity contribution in [3.8, 4) is 11.1 Å². The van der Waals surface area contributed by atoms with Gasteiger partial charge >= 0.3 is 5.97 Å². The Morgan fingerprint density at radius 2 is 1.65 bits per heavy atom. The summed E-state index contributed by atoms with van der Waals surface area (Å²) in [5, 5.41) is 9.34. The quantitative estimate of drug-likeness (QED) is 0.898. The molecule has 0 spiro atoms. The minimum atomic E-state index is -0.877. The molecule has 0 heterocycles. The molecule has 20 heavy (non-hydrogen) atoms. The molecule has 0 radical (unpaired) electrons. The Balaban J connectivity index is 2.46. The molecule has 0 bridgehead atoms. The molecule has 2 aromatic rings. The molecule has 0 saturated heterocycles. The zero-order chi connectivity index (χ0) is 14.8. The molecule has 0 unspecified atom stereocenters. The van der Waals surface area contributed by atoms with Crippen LogP contribution in [-0.4, -0.2) is 11.1 Å². The van der Waals surface area contributed by atoms with Gasteiger partial charge in [0.25, 0.3) is 0 Å². The van der Waals surface area contributed by atoms with Crippen LogP contribution in [-0.2, 0) is 16.6 Å². The number of carbonyl (C=O) groups is 1. The van der Waals surface area contributed by atoms with E-state index in [1.54, 1.807) is 13.8 Å². The van der Waals surface area contributed by atoms with E-state index in [-0.39, 0.29) is 0 Å². The maximum atomic E-state index is 11.4. The fraction of sp³-hybridized carbons (Fsp3) is 0.278. The Labute approximate surface area is 120 Å². The lowest BCUT2D eigenvalue weighted by atomic mass is 9.83. The maximum Gasteiger partial charge on any atom is 0.313 e. The molecule has 2 rings (SSSR count). The Hall–Kier alpha value is -2.09. The largest absolute Gasteiger partial charge is 0.481 e. The molecule has 0 atom stereocenters. The van der Waals surface area contributed by atoms with Crippen LogP contribution < -0.4 is 0 Å². The van der Waals surface area contributed by atoms with Gasteiger partial charge < -0.3 is 5.11 Å². The first kappa shape index (κ1) is 14.3. The molecule has 0 aliphatic carbocycles. The van der Waals surface area contributed by atoms with Gasteiger partial charge in [-0.2, -0.15) is 0 Å². The van der Waals surface area contributed by atoms with Gasteiger partial charge in [0.05, 0.1) is 5.41 Å². The van der Waals surface area contributed by atoms with Gasteiger partial charge in [-0.25, -0.2) is 0 Å². The molecular formula is C18H20O2. The SMILES string of the molecule is CCc1cccc(-c2cccc(C(C)(C)C(=O)O)c2)c1. The van der Waals surface area contributed by atoms with Gasteiger partial charge in [0.1, 0.15) is 0 Å². The minimum Gasteiger partial charge on any atom is -0.481 e. The third-order valence-electron chi connectivity index (χ3n) is 3.79. The number of carboxylic acids is 1. The summed E-state index contributed by atoms with van der Waals surface area (Å²) in [7, 11) is 0. The number of aliphatic carboxylic acids is 1. The fourth-order valence-corrected chi connectivity index (χ4v) is 2.18. The van der Waals surface area contributed by atoms with E-state index in [2.05, 4.69) is 25.1 Å². The van der Waals surface area contributed by atoms with Crippen molar-refractivity contribution in [1.29, 1.82) is 0 Å². The highest BCUT2D eigenvalue weighted by Crippen LogP contribution is 2.28. The molecule has 1 N–H and O–H groups in total. The van der Waals surface area contributed by atoms with Gasteiger partial charge in [-0.1, -0.05) is 55.5 Å². The summed E-state index contributed by atoms with van der Waals surface area (Å²) in [4.78, 5) is 11.4. The van der Waals surface area contributed by atoms with E-state index in [1.807, 2.05) is 30.3 Å². The van der Waals surface area contributed by atoms with Gasteiger partial charge in [0.15, 0.2) is 0 Å². The number of aryl methyl sites for hydroxylation is 1. The third-order valence-corrected chi connectivity index (χ3v) is 3.79. The number of benzene rings is 2. The number of rotatable bonds is 4. The highest BCUT2D eigenvalue weighted by Gasteiger charge is 2.29. The van der Waals surface area contributed by atoms with Crippen LogP contribution >= 0.6 is 0 Å². The molecule has 2 nitrogen and oxygen atoms in total. The van der Waals surface area contributed by atoms with Gasteiger partial charge in [-0.05, 0) is 42.5 Å². The van der Waals surface area contributed by atoms with Gasteiger partial charge in [-0.3, -0.25) is 4.79 Å². The molecule has 0 aromatic heterocycles. The zero-order valence-electron chi connectivity index (χ0n) is 12.2. The number of hydrogen-bond acceptors (Lipinski definition) is 1. The van der Waals surface area contributed by atoms with E-state index in [0.29, 0.717) is 0 Å². The molecule has 0 aliphatic heterocycles. The van der Waals surface area contributed by atoms with Crippen LogP contribution in [0.15, 0.2) is 48.5 Å². The topological polar surface area (TPSA) is 37.3 Å². The van der Waals surface area contributed by atoms with Gasteiger partial charge in [0.2, 0.25) is 0 Å². The Morgan fingerprint density at radius 3 is 2.25 bits per heavy atom. The summed E-state index contributed by atoms with van der Waals surface area (Å²) < 4.78 is 0. The van der Waals surface area contributed by atoms with Crippen molar-refractivity contribution in [3.63, 3.8) is 0 Å². The molecule has 0 fully saturated rings. The second-order valence-electron chi connectivity index (χ2n) is 5.56. The average Bonchev–Trinajstić information content (AvgIpc) is 2.47. The monoisotopic (exact) mass is 268 g/mol. The van der Waals surface area contributed by atoms with Crippen molar-refractivity contribution in [3.05, 3.63) is 59.7 Å². The molecule has 0 saturated carbocycles. The van der Waals surface area contributed by atoms with Crippen molar-refractivity contribution in [2.45, 2.75) is 32.6 Å². The average molecular weight is 268 g/mol. The van der Waals surface area contributed by atoms with E-state index in [0.717, 1.165) is 23.1 Å². The van der Waals surface area contributed by atoms with E-state index >= 15 is 0 Å². The highest BCUT2D eigenvalue weighted by atomic mass is 16.4. The van der Waals surface area contributed by atoms with Crippen LogP contribution in [0.2, 0.25) is 0 Å². The summed E-state index contributed by atoms with van der Waals surface area (Å²) in [6, 6.07) is 16.2. The van der Waals surface area contributed by atoms with Crippen LogP contribution in [0.3, 0.4) is 0 Å². The maximum absolute atomic E-state index is 11.4. The van der Waals surface area contributed by atoms with Crippen LogP contribution in [0.1, 0.15) is 31.9 Å². The van der Waals surface area contributed by atoms with Crippen LogP contribution in [0.25, 0.3) is 11.1 Å². The third kappa shape index (κ3) is 2.74. The van der Waals surface area contributed by atoms with Crippen molar-refractivity contribution in [2.75, 3.05) is 0 Å². The summed E-state index contributed by atoms with van der Waals surface area (Å²) in [5.74, 6) is -0.808. The molecule has 2 heteroatoms. The predicted molar refractivity (Wildman–Crippen MR) is 81.9 cm³/mol. The lowest BCUT2D eigenvalue weighted by Crippen LogP contribution is -2.28. The van der Waals surface area contributed by atoms with E-state index in [4.69, 9.17) is 0 Å². The zero-order valence-corrected chi connectivity index (χ0v) is 12.2. The molecule has 0 amide bonds. The van der Waals surface area contributed by atoms with Crippen LogP contribution in [0.4, 0.5) is 0 Å². The van der Waals surface area contributed by atoms with Crippen molar-refractivity contribution in [1.82, 2.24) is 0 Å². The molecule has 0 aliphatic rings. The Kier molecular flexibility index (Phi) is 3.93. The Bertz CT molecular complexity index is 627. The summed E-state index contributed by atoms with van der Waals surface area (Å²) in [6.07, 6.45) is 0.994. The number of hydrogen-bond donors (Lipinski definition) is 1. The predicted octanol–water partition coefficient (Wildman–Crippen LogP) is 4.28. The second kappa shape index (κ2) is 5.49. The molecule has 104 valence electrons. The van der Waals surface area contributed by atoms with E-state index < -0.39 is 11.4 Å². The number of carboxylic acid groups (broad SMARTS) is 1. The lowest BCUT2D eigenvalue weighted by molar-refractivity contribution is -0.142. The summed E-state index contributed by atoms with van der Waals surface area (Å²) in [5.41, 5.74) is 3.42. The van der Waals surface area contributed by atoms with E-state index in [1.165, 1.54) is 5.56 Å². The standard InChI is InChI=1S/C18H20O2/c1-4-13-7-5-8-14(11-13)15-9-6-10-16(12-15)18(2,3)17(19)20/h5-12H,4H2,1-3H3,(H,19,20). The first-order chi connectivity index (χ1) is 9.45. The Morgan fingerprint density at radius 1 is 1.05 bits per heavy atom. The second-order valence-corrected chi connectivity index (χ2v) is 5.56. The normalized spacial score (nSPS) is 11.3. The van der Waals surface area contributed by atoms with Crippen molar-refractivity contribution in [2.24, 2.45) is 0 Å². The van der Waals surface area contributed by atoms with Crippen molar-refractivity contribution < 1.29 is 9.90 Å². The smallest absolute Gasteiger partial charge is 0.313 e.